The van der Waals surface area contributed by atoms with Crippen molar-refractivity contribution >= 4 is 57.2 Å². The Hall–Kier alpha value is -4.12. The second-order valence-corrected chi connectivity index (χ2v) is 11.8. The van der Waals surface area contributed by atoms with Gasteiger partial charge in [0.25, 0.3) is 0 Å². The Kier molecular flexibility index (Phi) is 8.67. The first-order chi connectivity index (χ1) is 20.3. The molecule has 1 atom stereocenters. The van der Waals surface area contributed by atoms with E-state index in [1.165, 1.54) is 44.2 Å². The Balaban J connectivity index is 1.40. The van der Waals surface area contributed by atoms with Gasteiger partial charge in [-0.2, -0.15) is 5.26 Å². The lowest BCUT2D eigenvalue weighted by Gasteiger charge is -2.38. The molecular weight excluding hydrogens is 603 g/mol. The number of ketones is 1. The molecule has 3 aromatic rings. The van der Waals surface area contributed by atoms with Crippen molar-refractivity contribution < 1.29 is 23.5 Å². The Labute approximate surface area is 253 Å². The van der Waals surface area contributed by atoms with Gasteiger partial charge < -0.3 is 20.5 Å². The third-order valence-corrected chi connectivity index (χ3v) is 9.15. The SMILES string of the molecule is COc1ccc(NC(=O)CSc2nnc(N3C(N)=C(C#N)C(c4c(F)cccc4Cl)C4=C3CCCC4=O)s2)cc1OC. The number of aromatic nitrogens is 2. The molecule has 0 fully saturated rings. The number of thioether (sulfide) groups is 1. The first kappa shape index (κ1) is 29.4. The lowest BCUT2D eigenvalue weighted by molar-refractivity contribution is -0.116. The molecule has 1 aliphatic carbocycles. The Bertz CT molecular complexity index is 1660. The fourth-order valence-corrected chi connectivity index (χ4v) is 6.92. The van der Waals surface area contributed by atoms with Crippen LogP contribution in [0.1, 0.15) is 30.7 Å². The number of rotatable bonds is 8. The number of allylic oxidation sites excluding steroid dienone is 3. The summed E-state index contributed by atoms with van der Waals surface area (Å²) >= 11 is 8.70. The van der Waals surface area contributed by atoms with Gasteiger partial charge in [-0.15, -0.1) is 10.2 Å². The standard InChI is InChI=1S/C28H24ClFN6O4S2/c1-39-20-10-9-14(11-21(20)40-2)33-22(38)13-41-28-35-34-27(42-28)36-18-7-4-8-19(37)25(18)23(15(12-31)26(36)32)24-16(29)5-3-6-17(24)30/h3,5-6,9-11,23H,4,7-8,13,32H2,1-2H3,(H,33,38). The van der Waals surface area contributed by atoms with Crippen molar-refractivity contribution in [2.75, 3.05) is 30.2 Å². The van der Waals surface area contributed by atoms with E-state index in [-0.39, 0.29) is 51.4 Å². The van der Waals surface area contributed by atoms with Crippen molar-refractivity contribution in [3.63, 3.8) is 0 Å². The van der Waals surface area contributed by atoms with E-state index in [9.17, 15) is 14.9 Å². The number of amides is 1. The number of halogens is 2. The number of hydrogen-bond acceptors (Lipinski definition) is 11. The Morgan fingerprint density at radius 2 is 2.05 bits per heavy atom. The van der Waals surface area contributed by atoms with Gasteiger partial charge in [0, 0.05) is 40.0 Å². The van der Waals surface area contributed by atoms with E-state index in [2.05, 4.69) is 21.6 Å². The van der Waals surface area contributed by atoms with Gasteiger partial charge in [-0.3, -0.25) is 14.5 Å². The molecule has 2 aliphatic rings. The number of Topliss-reactive ketones (excluding diaryl/α,β-unsaturated/α-hetero) is 1. The maximum Gasteiger partial charge on any atom is 0.234 e. The van der Waals surface area contributed by atoms with Crippen molar-refractivity contribution in [3.05, 3.63) is 75.5 Å². The zero-order chi connectivity index (χ0) is 30.0. The summed E-state index contributed by atoms with van der Waals surface area (Å²) in [5.74, 6) is -1.07. The monoisotopic (exact) mass is 626 g/mol. The van der Waals surface area contributed by atoms with Crippen LogP contribution >= 0.6 is 34.7 Å². The largest absolute Gasteiger partial charge is 0.493 e. The van der Waals surface area contributed by atoms with Crippen LogP contribution in [0.3, 0.4) is 0 Å². The lowest BCUT2D eigenvalue weighted by atomic mass is 9.75. The van der Waals surface area contributed by atoms with Crippen LogP contribution in [0.2, 0.25) is 5.02 Å². The molecule has 3 N–H and O–H groups in total. The van der Waals surface area contributed by atoms with Crippen LogP contribution in [0.5, 0.6) is 11.5 Å². The van der Waals surface area contributed by atoms with Crippen LogP contribution < -0.4 is 25.4 Å². The Morgan fingerprint density at radius 1 is 1.26 bits per heavy atom. The maximum atomic E-state index is 15.1. The van der Waals surface area contributed by atoms with Crippen LogP contribution in [-0.4, -0.2) is 41.9 Å². The third kappa shape index (κ3) is 5.53. The summed E-state index contributed by atoms with van der Waals surface area (Å²) < 4.78 is 26.0. The van der Waals surface area contributed by atoms with E-state index in [0.717, 1.165) is 11.3 Å². The number of methoxy groups -OCH3 is 2. The van der Waals surface area contributed by atoms with Crippen LogP contribution in [0, 0.1) is 17.1 Å². The molecule has 1 aromatic heterocycles. The first-order valence-electron chi connectivity index (χ1n) is 12.7. The fraction of sp³-hybridized carbons (Fsp3) is 0.250. The summed E-state index contributed by atoms with van der Waals surface area (Å²) in [6.07, 6.45) is 1.26. The average molecular weight is 627 g/mol. The molecule has 1 aliphatic heterocycles. The second-order valence-electron chi connectivity index (χ2n) is 9.21. The summed E-state index contributed by atoms with van der Waals surface area (Å²) in [6.45, 7) is 0. The van der Waals surface area contributed by atoms with E-state index < -0.39 is 11.7 Å². The fourth-order valence-electron chi connectivity index (χ4n) is 4.97. The number of nitrogens with zero attached hydrogens (tertiary/aromatic N) is 4. The van der Waals surface area contributed by atoms with Crippen molar-refractivity contribution in [1.29, 1.82) is 5.26 Å². The van der Waals surface area contributed by atoms with Crippen molar-refractivity contribution in [3.8, 4) is 17.6 Å². The highest BCUT2D eigenvalue weighted by atomic mass is 35.5. The van der Waals surface area contributed by atoms with Crippen molar-refractivity contribution in [1.82, 2.24) is 10.2 Å². The van der Waals surface area contributed by atoms with Gasteiger partial charge in [-0.1, -0.05) is 40.8 Å². The predicted octanol–water partition coefficient (Wildman–Crippen LogP) is 5.38. The summed E-state index contributed by atoms with van der Waals surface area (Å²) in [5.41, 5.74) is 7.91. The minimum Gasteiger partial charge on any atom is -0.493 e. The smallest absolute Gasteiger partial charge is 0.234 e. The highest BCUT2D eigenvalue weighted by Gasteiger charge is 2.43. The van der Waals surface area contributed by atoms with Gasteiger partial charge in [0.1, 0.15) is 11.6 Å². The molecule has 42 heavy (non-hydrogen) atoms. The number of ether oxygens (including phenoxy) is 2. The first-order valence-corrected chi connectivity index (χ1v) is 14.8. The average Bonchev–Trinajstić information content (AvgIpc) is 3.44. The number of nitrogens with two attached hydrogens (primary N) is 1. The van der Waals surface area contributed by atoms with Crippen molar-refractivity contribution in [2.24, 2.45) is 5.73 Å². The molecule has 0 radical (unpaired) electrons. The topological polar surface area (TPSA) is 143 Å². The molecule has 0 spiro atoms. The number of anilines is 2. The minimum atomic E-state index is -1.04. The molecule has 0 saturated heterocycles. The molecule has 1 amide bonds. The van der Waals surface area contributed by atoms with Crippen LogP contribution in [0.15, 0.2) is 63.4 Å². The molecule has 5 rings (SSSR count). The lowest BCUT2D eigenvalue weighted by Crippen LogP contribution is -2.39. The van der Waals surface area contributed by atoms with Gasteiger partial charge >= 0.3 is 0 Å². The summed E-state index contributed by atoms with van der Waals surface area (Å²) in [7, 11) is 3.03. The molecular formula is C28H24ClFN6O4S2. The van der Waals surface area contributed by atoms with E-state index in [1.807, 2.05) is 0 Å². The van der Waals surface area contributed by atoms with Gasteiger partial charge in [0.2, 0.25) is 11.0 Å². The van der Waals surface area contributed by atoms with Crippen LogP contribution in [0.4, 0.5) is 15.2 Å². The molecule has 14 heteroatoms. The second kappa shape index (κ2) is 12.4. The van der Waals surface area contributed by atoms with E-state index in [1.54, 1.807) is 23.1 Å². The summed E-state index contributed by atoms with van der Waals surface area (Å²) in [4.78, 5) is 27.4. The van der Waals surface area contributed by atoms with Gasteiger partial charge in [0.05, 0.1) is 37.5 Å². The van der Waals surface area contributed by atoms with E-state index in [0.29, 0.717) is 45.2 Å². The molecule has 1 unspecified atom stereocenters. The number of hydrogen-bond donors (Lipinski definition) is 2. The van der Waals surface area contributed by atoms with Gasteiger partial charge in [-0.25, -0.2) is 4.39 Å². The number of benzene rings is 2. The zero-order valence-electron chi connectivity index (χ0n) is 22.4. The summed E-state index contributed by atoms with van der Waals surface area (Å²) in [6, 6.07) is 11.3. The van der Waals surface area contributed by atoms with E-state index in [4.69, 9.17) is 26.8 Å². The Morgan fingerprint density at radius 3 is 2.76 bits per heavy atom. The minimum absolute atomic E-state index is 0.00491. The van der Waals surface area contributed by atoms with Gasteiger partial charge in [-0.05, 0) is 37.1 Å². The molecule has 216 valence electrons. The number of nitriles is 1. The van der Waals surface area contributed by atoms with Gasteiger partial charge in [0.15, 0.2) is 21.6 Å². The zero-order valence-corrected chi connectivity index (χ0v) is 24.8. The normalized spacial score (nSPS) is 16.7. The maximum absolute atomic E-state index is 15.1. The van der Waals surface area contributed by atoms with Crippen LogP contribution in [-0.2, 0) is 9.59 Å². The quantitative estimate of drug-likeness (QED) is 0.313. The number of carbonyl (C=O) groups excluding carboxylic acids is 2. The number of carbonyl (C=O) groups is 2. The number of nitrogens with one attached hydrogen (secondary N) is 1. The molecule has 0 bridgehead atoms. The predicted molar refractivity (Wildman–Crippen MR) is 158 cm³/mol. The molecule has 10 nitrogen and oxygen atoms in total. The van der Waals surface area contributed by atoms with Crippen molar-refractivity contribution in [2.45, 2.75) is 29.5 Å². The third-order valence-electron chi connectivity index (χ3n) is 6.78. The highest BCUT2D eigenvalue weighted by molar-refractivity contribution is 8.01. The molecule has 2 aromatic carbocycles. The summed E-state index contributed by atoms with van der Waals surface area (Å²) in [5, 5.41) is 21.8. The van der Waals surface area contributed by atoms with E-state index >= 15 is 4.39 Å². The molecule has 2 heterocycles. The molecule has 0 saturated carbocycles. The van der Waals surface area contributed by atoms with Crippen LogP contribution in [0.25, 0.3) is 0 Å². The highest BCUT2D eigenvalue weighted by Crippen LogP contribution is 2.49.